The van der Waals surface area contributed by atoms with E-state index in [0.717, 1.165) is 48.3 Å². The van der Waals surface area contributed by atoms with Crippen LogP contribution in [0.5, 0.6) is 0 Å². The molecule has 2 heterocycles. The number of aryl methyl sites for hydroxylation is 2. The Morgan fingerprint density at radius 2 is 1.69 bits per heavy atom. The van der Waals surface area contributed by atoms with Gasteiger partial charge in [0, 0.05) is 22.7 Å². The first kappa shape index (κ1) is 21.2. The van der Waals surface area contributed by atoms with Crippen molar-refractivity contribution in [2.24, 2.45) is 5.92 Å². The van der Waals surface area contributed by atoms with E-state index < -0.39 is 0 Å². The zero-order chi connectivity index (χ0) is 21.1. The number of Topliss-reactive ketones (excluding diaryl/α,β-unsaturated/α-hetero) is 3. The van der Waals surface area contributed by atoms with E-state index in [4.69, 9.17) is 0 Å². The number of benzene rings is 1. The maximum Gasteiger partial charge on any atom is 0.193 e. The maximum absolute atomic E-state index is 12.9. The summed E-state index contributed by atoms with van der Waals surface area (Å²) >= 11 is 0. The van der Waals surface area contributed by atoms with Gasteiger partial charge in [0.05, 0.1) is 12.2 Å². The van der Waals surface area contributed by atoms with Crippen molar-refractivity contribution in [3.8, 4) is 0 Å². The highest BCUT2D eigenvalue weighted by molar-refractivity contribution is 6.04. The number of aromatic nitrogens is 1. The minimum Gasteiger partial charge on any atom is -0.355 e. The number of hydrogen-bond acceptors (Lipinski definition) is 4. The van der Waals surface area contributed by atoms with E-state index in [1.165, 1.54) is 0 Å². The Kier molecular flexibility index (Phi) is 6.48. The lowest BCUT2D eigenvalue weighted by atomic mass is 9.88. The maximum atomic E-state index is 12.9. The number of carbonyl (C=O) groups excluding carboxylic acids is 3. The number of likely N-dealkylation sites (tertiary alicyclic amines) is 1. The van der Waals surface area contributed by atoms with E-state index in [2.05, 4.69) is 9.88 Å². The molecule has 1 aromatic heterocycles. The Morgan fingerprint density at radius 3 is 2.24 bits per heavy atom. The van der Waals surface area contributed by atoms with Gasteiger partial charge in [-0.25, -0.2) is 0 Å². The fourth-order valence-corrected chi connectivity index (χ4v) is 4.33. The van der Waals surface area contributed by atoms with E-state index in [1.807, 2.05) is 45.0 Å². The van der Waals surface area contributed by atoms with E-state index in [-0.39, 0.29) is 23.3 Å². The van der Waals surface area contributed by atoms with Crippen LogP contribution in [0.15, 0.2) is 24.3 Å². The smallest absolute Gasteiger partial charge is 0.193 e. The van der Waals surface area contributed by atoms with Crippen molar-refractivity contribution >= 4 is 17.3 Å². The number of aromatic amines is 1. The second-order valence-electron chi connectivity index (χ2n) is 8.09. The van der Waals surface area contributed by atoms with Gasteiger partial charge >= 0.3 is 0 Å². The first-order chi connectivity index (χ1) is 13.8. The second-order valence-corrected chi connectivity index (χ2v) is 8.09. The van der Waals surface area contributed by atoms with Crippen LogP contribution in [0.25, 0.3) is 0 Å². The molecule has 2 aromatic rings. The van der Waals surface area contributed by atoms with Crippen molar-refractivity contribution in [2.75, 3.05) is 19.6 Å². The Morgan fingerprint density at radius 1 is 1.07 bits per heavy atom. The molecule has 0 atom stereocenters. The molecular formula is C24H30N2O3. The third-order valence-electron chi connectivity index (χ3n) is 5.94. The molecule has 3 rings (SSSR count). The molecule has 0 saturated carbocycles. The van der Waals surface area contributed by atoms with E-state index in [9.17, 15) is 14.4 Å². The standard InChI is InChI=1S/C24H30N2O3/c1-5-20-22(17(4)27)16(3)25-23(20)21(28)14-26-12-10-19(11-13-26)24(29)18-8-6-15(2)7-9-18/h6-9,19,25H,5,10-14H2,1-4H3. The van der Waals surface area contributed by atoms with Crippen molar-refractivity contribution < 1.29 is 14.4 Å². The van der Waals surface area contributed by atoms with Crippen LogP contribution in [-0.4, -0.2) is 46.9 Å². The molecule has 5 nitrogen and oxygen atoms in total. The van der Waals surface area contributed by atoms with Crippen LogP contribution in [0.4, 0.5) is 0 Å². The molecule has 1 saturated heterocycles. The van der Waals surface area contributed by atoms with Gasteiger partial charge in [0.2, 0.25) is 0 Å². The van der Waals surface area contributed by atoms with Crippen molar-refractivity contribution in [2.45, 2.75) is 47.0 Å². The summed E-state index contributed by atoms with van der Waals surface area (Å²) in [7, 11) is 0. The average molecular weight is 395 g/mol. The van der Waals surface area contributed by atoms with Crippen molar-refractivity contribution in [1.82, 2.24) is 9.88 Å². The summed E-state index contributed by atoms with van der Waals surface area (Å²) in [5.74, 6) is 0.230. The predicted octanol–water partition coefficient (Wildman–Crippen LogP) is 4.17. The lowest BCUT2D eigenvalue weighted by Crippen LogP contribution is -2.39. The summed E-state index contributed by atoms with van der Waals surface area (Å²) in [5.41, 5.74) is 4.72. The number of nitrogens with one attached hydrogen (secondary N) is 1. The minimum absolute atomic E-state index is 0.00918. The Hall–Kier alpha value is -2.53. The zero-order valence-electron chi connectivity index (χ0n) is 17.8. The lowest BCUT2D eigenvalue weighted by molar-refractivity contribution is 0.0803. The molecule has 0 amide bonds. The van der Waals surface area contributed by atoms with Crippen LogP contribution in [0, 0.1) is 19.8 Å². The van der Waals surface area contributed by atoms with Gasteiger partial charge < -0.3 is 4.98 Å². The summed E-state index contributed by atoms with van der Waals surface area (Å²) in [6.07, 6.45) is 2.18. The third-order valence-corrected chi connectivity index (χ3v) is 5.94. The van der Waals surface area contributed by atoms with Gasteiger partial charge in [0.1, 0.15) is 0 Å². The molecule has 5 heteroatoms. The van der Waals surface area contributed by atoms with Crippen LogP contribution < -0.4 is 0 Å². The van der Waals surface area contributed by atoms with Gasteiger partial charge in [-0.05, 0) is 58.7 Å². The number of carbonyl (C=O) groups is 3. The third kappa shape index (κ3) is 4.56. The van der Waals surface area contributed by atoms with Crippen LogP contribution in [0.3, 0.4) is 0 Å². The van der Waals surface area contributed by atoms with Crippen molar-refractivity contribution in [3.05, 3.63) is 57.9 Å². The van der Waals surface area contributed by atoms with Gasteiger partial charge in [-0.2, -0.15) is 0 Å². The molecule has 1 aliphatic rings. The topological polar surface area (TPSA) is 70.2 Å². The molecule has 0 unspecified atom stereocenters. The summed E-state index contributed by atoms with van der Waals surface area (Å²) < 4.78 is 0. The minimum atomic E-state index is -0.00918. The number of piperidine rings is 1. The highest BCUT2D eigenvalue weighted by Crippen LogP contribution is 2.24. The van der Waals surface area contributed by atoms with Gasteiger partial charge in [-0.1, -0.05) is 36.8 Å². The molecule has 1 aliphatic heterocycles. The lowest BCUT2D eigenvalue weighted by Gasteiger charge is -2.30. The summed E-state index contributed by atoms with van der Waals surface area (Å²) in [6.45, 7) is 9.14. The monoisotopic (exact) mass is 394 g/mol. The normalized spacial score (nSPS) is 15.4. The predicted molar refractivity (Wildman–Crippen MR) is 114 cm³/mol. The summed E-state index contributed by atoms with van der Waals surface area (Å²) in [4.78, 5) is 42.8. The Bertz CT molecular complexity index is 916. The van der Waals surface area contributed by atoms with Crippen LogP contribution in [0.2, 0.25) is 0 Å². The first-order valence-electron chi connectivity index (χ1n) is 10.4. The molecule has 0 bridgehead atoms. The van der Waals surface area contributed by atoms with Crippen molar-refractivity contribution in [3.63, 3.8) is 0 Å². The second kappa shape index (κ2) is 8.87. The van der Waals surface area contributed by atoms with E-state index in [1.54, 1.807) is 6.92 Å². The average Bonchev–Trinajstić information content (AvgIpc) is 3.05. The van der Waals surface area contributed by atoms with Gasteiger partial charge in [-0.15, -0.1) is 0 Å². The molecule has 1 aromatic carbocycles. The molecule has 1 N–H and O–H groups in total. The SMILES string of the molecule is CCc1c(C(=O)CN2CCC(C(=O)c3ccc(C)cc3)CC2)[nH]c(C)c1C(C)=O. The van der Waals surface area contributed by atoms with Gasteiger partial charge in [-0.3, -0.25) is 19.3 Å². The van der Waals surface area contributed by atoms with Gasteiger partial charge in [0.15, 0.2) is 17.3 Å². The molecule has 0 spiro atoms. The first-order valence-corrected chi connectivity index (χ1v) is 10.4. The molecule has 1 fully saturated rings. The van der Waals surface area contributed by atoms with Crippen LogP contribution in [-0.2, 0) is 6.42 Å². The Labute approximate surface area is 172 Å². The summed E-state index contributed by atoms with van der Waals surface area (Å²) in [5, 5.41) is 0. The largest absolute Gasteiger partial charge is 0.355 e. The fraction of sp³-hybridized carbons (Fsp3) is 0.458. The van der Waals surface area contributed by atoms with Crippen LogP contribution in [0.1, 0.15) is 74.7 Å². The van der Waals surface area contributed by atoms with E-state index in [0.29, 0.717) is 24.2 Å². The molecule has 29 heavy (non-hydrogen) atoms. The molecule has 154 valence electrons. The number of nitrogens with zero attached hydrogens (tertiary/aromatic N) is 1. The van der Waals surface area contributed by atoms with E-state index >= 15 is 0 Å². The molecule has 0 aliphatic carbocycles. The number of H-pyrrole nitrogens is 1. The van der Waals surface area contributed by atoms with Crippen molar-refractivity contribution in [1.29, 1.82) is 0 Å². The Balaban J connectivity index is 1.62. The fourth-order valence-electron chi connectivity index (χ4n) is 4.33. The highest BCUT2D eigenvalue weighted by Gasteiger charge is 2.28. The van der Waals surface area contributed by atoms with Gasteiger partial charge in [0.25, 0.3) is 0 Å². The highest BCUT2D eigenvalue weighted by atomic mass is 16.1. The quantitative estimate of drug-likeness (QED) is 0.716. The number of rotatable bonds is 7. The van der Waals surface area contributed by atoms with Crippen LogP contribution >= 0.6 is 0 Å². The number of ketones is 3. The summed E-state index contributed by atoms with van der Waals surface area (Å²) in [6, 6.07) is 7.75. The zero-order valence-corrected chi connectivity index (χ0v) is 17.8. The molecule has 0 radical (unpaired) electrons. The molecular weight excluding hydrogens is 364 g/mol. The number of hydrogen-bond donors (Lipinski definition) is 1.